The van der Waals surface area contributed by atoms with Crippen LogP contribution in [0.5, 0.6) is 0 Å². The molecule has 140 valence electrons. The zero-order valence-electron chi connectivity index (χ0n) is 16.1. The van der Waals surface area contributed by atoms with E-state index in [0.29, 0.717) is 30.1 Å². The van der Waals surface area contributed by atoms with Crippen molar-refractivity contribution in [2.24, 2.45) is 34.5 Å². The van der Waals surface area contributed by atoms with Crippen LogP contribution in [0.3, 0.4) is 0 Å². The Morgan fingerprint density at radius 3 is 2.60 bits per heavy atom. The molecule has 0 amide bonds. The number of fused-ring (bicyclic) bond motifs is 5. The predicted molar refractivity (Wildman–Crippen MR) is 97.0 cm³/mol. The maximum atomic E-state index is 12.6. The van der Waals surface area contributed by atoms with Crippen molar-refractivity contribution in [2.45, 2.75) is 90.6 Å². The highest BCUT2D eigenvalue weighted by atomic mass is 16.3. The molecule has 4 rings (SSSR count). The van der Waals surface area contributed by atoms with E-state index >= 15 is 0 Å². The van der Waals surface area contributed by atoms with Crippen LogP contribution in [0.1, 0.15) is 85.0 Å². The third-order valence-electron chi connectivity index (χ3n) is 9.01. The Morgan fingerprint density at radius 2 is 1.88 bits per heavy atom. The number of carbonyl (C=O) groups excluding carboxylic acids is 2. The van der Waals surface area contributed by atoms with Gasteiger partial charge in [0.25, 0.3) is 0 Å². The lowest BCUT2D eigenvalue weighted by molar-refractivity contribution is -0.175. The molecule has 1 N–H and O–H groups in total. The molecular formula is C22H34O3. The molecule has 3 nitrogen and oxygen atoms in total. The van der Waals surface area contributed by atoms with Crippen molar-refractivity contribution >= 4 is 11.6 Å². The number of ketones is 2. The monoisotopic (exact) mass is 346 g/mol. The van der Waals surface area contributed by atoms with Gasteiger partial charge < -0.3 is 5.11 Å². The van der Waals surface area contributed by atoms with Gasteiger partial charge in [0.15, 0.2) is 5.78 Å². The fraction of sp³-hybridized carbons (Fsp3) is 0.909. The molecule has 0 aliphatic heterocycles. The first-order valence-electron chi connectivity index (χ1n) is 10.4. The summed E-state index contributed by atoms with van der Waals surface area (Å²) in [4.78, 5) is 24.3. The molecule has 4 saturated carbocycles. The van der Waals surface area contributed by atoms with E-state index < -0.39 is 5.60 Å². The SMILES string of the molecule is CC(=O)CC1(O)C[C@@]2(C)C(CC[C@@H]3[C@H]2CC[C@]2(C)CCC[C@@H]32)CC1=O. The van der Waals surface area contributed by atoms with Gasteiger partial charge in [-0.3, -0.25) is 9.59 Å². The summed E-state index contributed by atoms with van der Waals surface area (Å²) in [6.45, 7) is 6.34. The van der Waals surface area contributed by atoms with E-state index in [1.54, 1.807) is 0 Å². The minimum atomic E-state index is -1.41. The molecule has 0 saturated heterocycles. The topological polar surface area (TPSA) is 54.4 Å². The molecular weight excluding hydrogens is 312 g/mol. The molecule has 4 aliphatic carbocycles. The summed E-state index contributed by atoms with van der Waals surface area (Å²) < 4.78 is 0. The summed E-state index contributed by atoms with van der Waals surface area (Å²) in [5.74, 6) is 2.47. The van der Waals surface area contributed by atoms with Crippen molar-refractivity contribution in [1.29, 1.82) is 0 Å². The van der Waals surface area contributed by atoms with Gasteiger partial charge in [0, 0.05) is 12.8 Å². The molecule has 0 aromatic rings. The van der Waals surface area contributed by atoms with Crippen molar-refractivity contribution in [2.75, 3.05) is 0 Å². The maximum Gasteiger partial charge on any atom is 0.165 e. The summed E-state index contributed by atoms with van der Waals surface area (Å²) in [6, 6.07) is 0. The molecule has 4 fully saturated rings. The van der Waals surface area contributed by atoms with Crippen LogP contribution < -0.4 is 0 Å². The van der Waals surface area contributed by atoms with Gasteiger partial charge in [-0.1, -0.05) is 20.3 Å². The van der Waals surface area contributed by atoms with Crippen LogP contribution in [-0.4, -0.2) is 22.3 Å². The number of aliphatic hydroxyl groups is 1. The Hall–Kier alpha value is -0.700. The number of rotatable bonds is 2. The van der Waals surface area contributed by atoms with Crippen LogP contribution in [0, 0.1) is 34.5 Å². The van der Waals surface area contributed by atoms with Gasteiger partial charge in [0.2, 0.25) is 0 Å². The fourth-order valence-electron chi connectivity index (χ4n) is 7.85. The fourth-order valence-corrected chi connectivity index (χ4v) is 7.85. The molecule has 3 heteroatoms. The number of hydrogen-bond acceptors (Lipinski definition) is 3. The Kier molecular flexibility index (Phi) is 4.00. The van der Waals surface area contributed by atoms with E-state index in [1.165, 1.54) is 45.4 Å². The van der Waals surface area contributed by atoms with E-state index in [9.17, 15) is 14.7 Å². The summed E-state index contributed by atoms with van der Waals surface area (Å²) in [5, 5.41) is 11.1. The number of Topliss-reactive ketones (excluding diaryl/α,β-unsaturated/α-hetero) is 2. The lowest BCUT2D eigenvalue weighted by atomic mass is 9.44. The van der Waals surface area contributed by atoms with E-state index in [2.05, 4.69) is 13.8 Å². The molecule has 0 spiro atoms. The maximum absolute atomic E-state index is 12.6. The predicted octanol–water partition coefficient (Wildman–Crippen LogP) is 4.31. The molecule has 0 heterocycles. The van der Waals surface area contributed by atoms with Crippen LogP contribution >= 0.6 is 0 Å². The van der Waals surface area contributed by atoms with E-state index in [-0.39, 0.29) is 23.4 Å². The largest absolute Gasteiger partial charge is 0.382 e. The summed E-state index contributed by atoms with van der Waals surface area (Å²) >= 11 is 0. The van der Waals surface area contributed by atoms with E-state index in [1.807, 2.05) is 0 Å². The highest BCUT2D eigenvalue weighted by molar-refractivity contribution is 5.93. The van der Waals surface area contributed by atoms with Gasteiger partial charge in [-0.15, -0.1) is 0 Å². The van der Waals surface area contributed by atoms with Gasteiger partial charge in [0.1, 0.15) is 11.4 Å². The molecule has 0 bridgehead atoms. The Bertz CT molecular complexity index is 598. The van der Waals surface area contributed by atoms with Gasteiger partial charge in [0.05, 0.1) is 0 Å². The van der Waals surface area contributed by atoms with Gasteiger partial charge in [-0.2, -0.15) is 0 Å². The summed E-state index contributed by atoms with van der Waals surface area (Å²) in [5.41, 5.74) is -0.856. The molecule has 2 unspecified atom stereocenters. The van der Waals surface area contributed by atoms with Crippen LogP contribution in [0.15, 0.2) is 0 Å². The van der Waals surface area contributed by atoms with Crippen molar-refractivity contribution in [1.82, 2.24) is 0 Å². The number of carbonyl (C=O) groups is 2. The highest BCUT2D eigenvalue weighted by Crippen LogP contribution is 2.66. The molecule has 4 aliphatic rings. The molecule has 0 aromatic heterocycles. The summed E-state index contributed by atoms with van der Waals surface area (Å²) in [7, 11) is 0. The van der Waals surface area contributed by atoms with Crippen molar-refractivity contribution in [3.05, 3.63) is 0 Å². The third kappa shape index (κ3) is 2.56. The molecule has 25 heavy (non-hydrogen) atoms. The van der Waals surface area contributed by atoms with Gasteiger partial charge >= 0.3 is 0 Å². The smallest absolute Gasteiger partial charge is 0.165 e. The van der Waals surface area contributed by atoms with E-state index in [4.69, 9.17) is 0 Å². The van der Waals surface area contributed by atoms with Crippen molar-refractivity contribution < 1.29 is 14.7 Å². The lowest BCUT2D eigenvalue weighted by Crippen LogP contribution is -2.59. The average molecular weight is 347 g/mol. The highest BCUT2D eigenvalue weighted by Gasteiger charge is 2.61. The Balaban J connectivity index is 1.65. The molecule has 0 radical (unpaired) electrons. The van der Waals surface area contributed by atoms with Crippen molar-refractivity contribution in [3.63, 3.8) is 0 Å². The Labute approximate surface area is 151 Å². The normalized spacial score (nSPS) is 52.2. The summed E-state index contributed by atoms with van der Waals surface area (Å²) in [6.07, 6.45) is 10.1. The second-order valence-corrected chi connectivity index (χ2v) is 10.5. The Morgan fingerprint density at radius 1 is 1.12 bits per heavy atom. The second kappa shape index (κ2) is 5.65. The van der Waals surface area contributed by atoms with Crippen LogP contribution in [0.25, 0.3) is 0 Å². The van der Waals surface area contributed by atoms with Crippen LogP contribution in [0.4, 0.5) is 0 Å². The van der Waals surface area contributed by atoms with Gasteiger partial charge in [-0.25, -0.2) is 0 Å². The van der Waals surface area contributed by atoms with Crippen LogP contribution in [-0.2, 0) is 9.59 Å². The molecule has 7 atom stereocenters. The molecule has 0 aromatic carbocycles. The third-order valence-corrected chi connectivity index (χ3v) is 9.01. The average Bonchev–Trinajstić information content (AvgIpc) is 2.90. The second-order valence-electron chi connectivity index (χ2n) is 10.5. The minimum Gasteiger partial charge on any atom is -0.382 e. The lowest BCUT2D eigenvalue weighted by Gasteiger charge is -2.61. The van der Waals surface area contributed by atoms with Crippen LogP contribution in [0.2, 0.25) is 0 Å². The van der Waals surface area contributed by atoms with Gasteiger partial charge in [-0.05, 0) is 86.4 Å². The standard InChI is InChI=1S/C22H34O3/c1-14(23)12-22(25)13-21(3)15(11-19(22)24)6-7-16-17-5-4-9-20(17,2)10-8-18(16)21/h15-18,25H,4-13H2,1-3H3/t15?,16-,17-,18+,20-,21-,22?/m0/s1. The van der Waals surface area contributed by atoms with Crippen molar-refractivity contribution in [3.8, 4) is 0 Å². The first kappa shape index (κ1) is 17.7. The minimum absolute atomic E-state index is 0.00662. The van der Waals surface area contributed by atoms with E-state index in [0.717, 1.165) is 18.3 Å². The first-order chi connectivity index (χ1) is 11.7. The zero-order chi connectivity index (χ0) is 18.0. The quantitative estimate of drug-likeness (QED) is 0.810. The zero-order valence-corrected chi connectivity index (χ0v) is 16.1. The first-order valence-corrected chi connectivity index (χ1v) is 10.4. The number of hydrogen-bond donors (Lipinski definition) is 1.